The molecule has 0 saturated heterocycles. The Morgan fingerprint density at radius 2 is 1.72 bits per heavy atom. The van der Waals surface area contributed by atoms with Gasteiger partial charge in [0.1, 0.15) is 5.82 Å². The summed E-state index contributed by atoms with van der Waals surface area (Å²) in [6.07, 6.45) is 0.0767. The van der Waals surface area contributed by atoms with Crippen molar-refractivity contribution < 1.29 is 9.13 Å². The molecule has 25 heavy (non-hydrogen) atoms. The third-order valence-corrected chi connectivity index (χ3v) is 4.27. The maximum Gasteiger partial charge on any atom is 0.191 e. The Morgan fingerprint density at radius 1 is 1.16 bits per heavy atom. The molecular weight excluding hydrogens is 319 g/mol. The van der Waals surface area contributed by atoms with Crippen molar-refractivity contribution in [1.82, 2.24) is 15.5 Å². The van der Waals surface area contributed by atoms with Gasteiger partial charge in [-0.2, -0.15) is 0 Å². The molecule has 0 heterocycles. The predicted octanol–water partition coefficient (Wildman–Crippen LogP) is 2.65. The van der Waals surface area contributed by atoms with Crippen LogP contribution in [-0.4, -0.2) is 58.3 Å². The molecule has 1 rings (SSSR count). The molecule has 0 bridgehead atoms. The van der Waals surface area contributed by atoms with Gasteiger partial charge < -0.3 is 20.3 Å². The maximum atomic E-state index is 13.2. The lowest BCUT2D eigenvalue weighted by Crippen LogP contribution is -2.47. The molecule has 2 N–H and O–H groups in total. The largest absolute Gasteiger partial charge is 0.379 e. The zero-order chi connectivity index (χ0) is 19.0. The van der Waals surface area contributed by atoms with Crippen LogP contribution in [0.2, 0.25) is 0 Å². The summed E-state index contributed by atoms with van der Waals surface area (Å²) in [4.78, 5) is 6.37. The zero-order valence-corrected chi connectivity index (χ0v) is 16.6. The van der Waals surface area contributed by atoms with Crippen LogP contribution in [0.3, 0.4) is 0 Å². The van der Waals surface area contributed by atoms with Gasteiger partial charge in [0.05, 0.1) is 12.1 Å². The molecule has 1 aromatic carbocycles. The molecule has 0 fully saturated rings. The molecule has 0 amide bonds. The van der Waals surface area contributed by atoms with Gasteiger partial charge in [0.15, 0.2) is 5.96 Å². The summed E-state index contributed by atoms with van der Waals surface area (Å²) in [5.41, 5.74) is 1.10. The van der Waals surface area contributed by atoms with Crippen LogP contribution in [-0.2, 0) is 4.74 Å². The third kappa shape index (κ3) is 7.00. The fraction of sp³-hybridized carbons (Fsp3) is 0.632. The van der Waals surface area contributed by atoms with Gasteiger partial charge in [0.25, 0.3) is 0 Å². The predicted molar refractivity (Wildman–Crippen MR) is 102 cm³/mol. The van der Waals surface area contributed by atoms with Gasteiger partial charge >= 0.3 is 0 Å². The third-order valence-electron chi connectivity index (χ3n) is 4.27. The van der Waals surface area contributed by atoms with Crippen molar-refractivity contribution in [1.29, 1.82) is 0 Å². The highest BCUT2D eigenvalue weighted by Crippen LogP contribution is 2.21. The van der Waals surface area contributed by atoms with E-state index in [1.807, 2.05) is 26.2 Å². The second-order valence-corrected chi connectivity index (χ2v) is 7.46. The van der Waals surface area contributed by atoms with Crippen molar-refractivity contribution in [2.75, 3.05) is 41.3 Å². The van der Waals surface area contributed by atoms with Crippen molar-refractivity contribution in [2.24, 2.45) is 10.4 Å². The van der Waals surface area contributed by atoms with E-state index in [1.165, 1.54) is 12.1 Å². The monoisotopic (exact) mass is 352 g/mol. The second-order valence-electron chi connectivity index (χ2n) is 7.46. The quantitative estimate of drug-likeness (QED) is 0.585. The van der Waals surface area contributed by atoms with Crippen LogP contribution in [0.15, 0.2) is 29.3 Å². The molecule has 0 aliphatic heterocycles. The summed E-state index contributed by atoms with van der Waals surface area (Å²) in [6.45, 7) is 7.77. The van der Waals surface area contributed by atoms with Crippen molar-refractivity contribution >= 4 is 5.96 Å². The van der Waals surface area contributed by atoms with E-state index in [0.717, 1.165) is 11.5 Å². The van der Waals surface area contributed by atoms with E-state index < -0.39 is 0 Å². The Morgan fingerprint density at radius 3 is 2.16 bits per heavy atom. The molecule has 142 valence electrons. The smallest absolute Gasteiger partial charge is 0.191 e. The summed E-state index contributed by atoms with van der Waals surface area (Å²) in [7, 11) is 7.49. The Hall–Kier alpha value is -1.66. The number of nitrogens with zero attached hydrogens (tertiary/aromatic N) is 2. The Bertz CT molecular complexity index is 537. The van der Waals surface area contributed by atoms with E-state index in [2.05, 4.69) is 41.3 Å². The van der Waals surface area contributed by atoms with Crippen LogP contribution in [0, 0.1) is 11.2 Å². The maximum absolute atomic E-state index is 13.2. The van der Waals surface area contributed by atoms with E-state index >= 15 is 0 Å². The number of methoxy groups -OCH3 is 1. The fourth-order valence-electron chi connectivity index (χ4n) is 2.63. The minimum Gasteiger partial charge on any atom is -0.379 e. The number of hydrogen-bond acceptors (Lipinski definition) is 3. The molecule has 0 saturated carbocycles. The fourth-order valence-corrected chi connectivity index (χ4v) is 2.63. The summed E-state index contributed by atoms with van der Waals surface area (Å²) < 4.78 is 18.7. The number of nitrogens with one attached hydrogen (secondary N) is 2. The van der Waals surface area contributed by atoms with Crippen LogP contribution in [0.1, 0.15) is 32.4 Å². The summed E-state index contributed by atoms with van der Waals surface area (Å²) >= 11 is 0. The first-order chi connectivity index (χ1) is 11.7. The molecule has 0 radical (unpaired) electrons. The van der Waals surface area contributed by atoms with Gasteiger partial charge in [-0.25, -0.2) is 4.39 Å². The van der Waals surface area contributed by atoms with E-state index in [9.17, 15) is 4.39 Å². The Labute approximate surface area is 151 Å². The average Bonchev–Trinajstić information content (AvgIpc) is 2.53. The summed E-state index contributed by atoms with van der Waals surface area (Å²) in [5.74, 6) is 0.500. The number of hydrogen-bond donors (Lipinski definition) is 2. The molecule has 2 unspecified atom stereocenters. The normalized spacial score (nSPS) is 15.2. The van der Waals surface area contributed by atoms with Crippen LogP contribution in [0.5, 0.6) is 0 Å². The Kier molecular flexibility index (Phi) is 8.32. The molecule has 0 aliphatic carbocycles. The van der Waals surface area contributed by atoms with Crippen LogP contribution >= 0.6 is 0 Å². The lowest BCUT2D eigenvalue weighted by Gasteiger charge is -2.30. The number of ether oxygens (including phenoxy) is 1. The number of halogens is 1. The second kappa shape index (κ2) is 9.73. The SMILES string of the molecule is CN=C(NCC(c1ccc(F)cc1)N(C)C)NCC(OC)C(C)(C)C. The summed E-state index contributed by atoms with van der Waals surface area (Å²) in [5, 5.41) is 6.66. The van der Waals surface area contributed by atoms with Crippen LogP contribution in [0.25, 0.3) is 0 Å². The standard InChI is InChI=1S/C19H33FN4O/c1-19(2,3)17(25-7)13-23-18(21-4)22-12-16(24(5)6)14-8-10-15(20)11-9-14/h8-11,16-17H,12-13H2,1-7H3,(H2,21,22,23). The highest BCUT2D eigenvalue weighted by Gasteiger charge is 2.24. The van der Waals surface area contributed by atoms with Crippen molar-refractivity contribution in [3.8, 4) is 0 Å². The number of likely N-dealkylation sites (N-methyl/N-ethyl adjacent to an activating group) is 1. The molecular formula is C19H33FN4O. The first-order valence-corrected chi connectivity index (χ1v) is 8.58. The molecule has 0 aliphatic rings. The van der Waals surface area contributed by atoms with Gasteiger partial charge in [-0.1, -0.05) is 32.9 Å². The minimum atomic E-state index is -0.223. The van der Waals surface area contributed by atoms with Crippen molar-refractivity contribution in [2.45, 2.75) is 32.9 Å². The first-order valence-electron chi connectivity index (χ1n) is 8.58. The van der Waals surface area contributed by atoms with Crippen molar-refractivity contribution in [3.05, 3.63) is 35.6 Å². The van der Waals surface area contributed by atoms with Crippen LogP contribution < -0.4 is 10.6 Å². The minimum absolute atomic E-state index is 0.0425. The van der Waals surface area contributed by atoms with E-state index in [1.54, 1.807) is 14.2 Å². The average molecular weight is 352 g/mol. The molecule has 5 nitrogen and oxygen atoms in total. The van der Waals surface area contributed by atoms with Gasteiger partial charge in [-0.15, -0.1) is 0 Å². The lowest BCUT2D eigenvalue weighted by molar-refractivity contribution is 0.0205. The highest BCUT2D eigenvalue weighted by molar-refractivity contribution is 5.79. The molecule has 0 aromatic heterocycles. The van der Waals surface area contributed by atoms with Gasteiger partial charge in [0, 0.05) is 27.2 Å². The topological polar surface area (TPSA) is 48.9 Å². The van der Waals surface area contributed by atoms with Gasteiger partial charge in [-0.05, 0) is 37.2 Å². The Balaban J connectivity index is 2.66. The molecule has 1 aromatic rings. The number of aliphatic imine (C=N–C) groups is 1. The van der Waals surface area contributed by atoms with E-state index in [0.29, 0.717) is 13.1 Å². The van der Waals surface area contributed by atoms with Crippen LogP contribution in [0.4, 0.5) is 4.39 Å². The van der Waals surface area contributed by atoms with E-state index in [-0.39, 0.29) is 23.4 Å². The highest BCUT2D eigenvalue weighted by atomic mass is 19.1. The van der Waals surface area contributed by atoms with E-state index in [4.69, 9.17) is 4.74 Å². The summed E-state index contributed by atoms with van der Waals surface area (Å²) in [6, 6.07) is 6.73. The molecule has 0 spiro atoms. The van der Waals surface area contributed by atoms with Gasteiger partial charge in [-0.3, -0.25) is 4.99 Å². The number of guanidine groups is 1. The first kappa shape index (κ1) is 21.4. The number of benzene rings is 1. The molecule has 2 atom stereocenters. The number of rotatable bonds is 7. The zero-order valence-electron chi connectivity index (χ0n) is 16.6. The lowest BCUT2D eigenvalue weighted by atomic mass is 9.89. The van der Waals surface area contributed by atoms with Gasteiger partial charge in [0.2, 0.25) is 0 Å². The van der Waals surface area contributed by atoms with Crippen molar-refractivity contribution in [3.63, 3.8) is 0 Å². The molecule has 6 heteroatoms.